The number of carboxylic acids is 1. The third-order valence-corrected chi connectivity index (χ3v) is 10.3. The Morgan fingerprint density at radius 2 is 2.13 bits per heavy atom. The molecule has 18 nitrogen and oxygen atoms in total. The van der Waals surface area contributed by atoms with Crippen LogP contribution < -0.4 is 16.4 Å². The minimum atomic E-state index is -1.31. The van der Waals surface area contributed by atoms with E-state index in [4.69, 9.17) is 15.3 Å². The zero-order chi connectivity index (χ0) is 33.1. The van der Waals surface area contributed by atoms with Gasteiger partial charge in [0.1, 0.15) is 28.5 Å². The summed E-state index contributed by atoms with van der Waals surface area (Å²) in [6.07, 6.45) is 4.45. The molecule has 2 aromatic heterocycles. The molecule has 0 radical (unpaired) electrons. The number of carbonyl (C=O) groups excluding carboxylic acids is 3. The number of allylic oxidation sites excluding steroid dienone is 1. The van der Waals surface area contributed by atoms with Gasteiger partial charge in [-0.15, -0.1) is 16.9 Å². The summed E-state index contributed by atoms with van der Waals surface area (Å²) in [5.41, 5.74) is 3.55. The van der Waals surface area contributed by atoms with Gasteiger partial charge in [0.2, 0.25) is 22.6 Å². The van der Waals surface area contributed by atoms with E-state index in [-0.39, 0.29) is 53.9 Å². The number of β-lactam (4-membered cyclic amide) rings is 1. The highest BCUT2D eigenvalue weighted by molar-refractivity contribution is 8.00. The molecule has 3 unspecified atom stereocenters. The largest absolute Gasteiger partial charge is 0.481 e. The molecule has 21 heteroatoms. The number of oxime groups is 1. The molecule has 4 atom stereocenters. The Hall–Kier alpha value is -3.98. The monoisotopic (exact) mass is 695 g/mol. The van der Waals surface area contributed by atoms with E-state index in [0.29, 0.717) is 11.6 Å². The number of carbonyl (C=O) groups is 4. The van der Waals surface area contributed by atoms with E-state index in [2.05, 4.69) is 40.7 Å². The molecule has 46 heavy (non-hydrogen) atoms. The van der Waals surface area contributed by atoms with Crippen LogP contribution in [-0.2, 0) is 30.5 Å². The zero-order valence-electron chi connectivity index (χ0n) is 25.1. The smallest absolute Gasteiger partial charge is 0.407 e. The number of rotatable bonds is 12. The fourth-order valence-electron chi connectivity index (χ4n) is 4.66. The Labute approximate surface area is 275 Å². The van der Waals surface area contributed by atoms with Crippen LogP contribution in [0.25, 0.3) is 0 Å². The van der Waals surface area contributed by atoms with E-state index >= 15 is 0 Å². The van der Waals surface area contributed by atoms with E-state index in [1.165, 1.54) is 21.3 Å². The zero-order valence-corrected chi connectivity index (χ0v) is 27.6. The second kappa shape index (κ2) is 13.8. The first-order chi connectivity index (χ1) is 21.8. The number of fused-ring (bicyclic) bond motifs is 1. The minimum Gasteiger partial charge on any atom is -0.481 e. The van der Waals surface area contributed by atoms with Crippen molar-refractivity contribution in [3.05, 3.63) is 18.0 Å². The molecule has 248 valence electrons. The molecule has 5 N–H and O–H groups in total. The van der Waals surface area contributed by atoms with Gasteiger partial charge in [-0.3, -0.25) is 14.4 Å². The summed E-state index contributed by atoms with van der Waals surface area (Å²) in [6.45, 7) is 5.62. The lowest BCUT2D eigenvalue weighted by atomic mass is 9.89. The molecule has 0 aromatic carbocycles. The molecule has 0 saturated carbocycles. The Kier molecular flexibility index (Phi) is 10.0. The molecular formula is C25H33N11O7S3. The second-order valence-corrected chi connectivity index (χ2v) is 14.5. The fraction of sp³-hybridized carbons (Fsp3) is 0.600. The van der Waals surface area contributed by atoms with Crippen molar-refractivity contribution in [1.29, 1.82) is 0 Å². The van der Waals surface area contributed by atoms with Crippen molar-refractivity contribution in [3.63, 3.8) is 0 Å². The van der Waals surface area contributed by atoms with Crippen molar-refractivity contribution in [3.8, 4) is 0 Å². The van der Waals surface area contributed by atoms with Crippen molar-refractivity contribution in [2.45, 2.75) is 68.4 Å². The van der Waals surface area contributed by atoms with E-state index in [9.17, 15) is 24.3 Å². The van der Waals surface area contributed by atoms with Crippen molar-refractivity contribution in [2.24, 2.45) is 10.6 Å². The number of tetrazole rings is 1. The number of alkyl carbamates (subject to hydrolysis) is 1. The first-order valence-electron chi connectivity index (χ1n) is 14.2. The number of hydrogen-bond acceptors (Lipinski definition) is 16. The number of carboxylic acid groups (broad SMARTS) is 1. The highest BCUT2D eigenvalue weighted by atomic mass is 32.2. The minimum absolute atomic E-state index is 0.0215. The lowest BCUT2D eigenvalue weighted by Crippen LogP contribution is -2.74. The average molecular weight is 696 g/mol. The number of amides is 3. The van der Waals surface area contributed by atoms with E-state index < -0.39 is 46.3 Å². The number of thioether (sulfide) groups is 2. The number of hydrogen-bond donors (Lipinski definition) is 4. The average Bonchev–Trinajstić information content (AvgIpc) is 3.77. The number of nitrogen functional groups attached to an aromatic ring is 1. The number of anilines is 1. The Bertz CT molecular complexity index is 1540. The molecule has 2 aliphatic heterocycles. The molecule has 0 bridgehead atoms. The molecule has 4 heterocycles. The maximum absolute atomic E-state index is 13.3. The van der Waals surface area contributed by atoms with Crippen LogP contribution in [0, 0.1) is 5.41 Å². The fourth-order valence-corrected chi connectivity index (χ4v) is 7.86. The second-order valence-electron chi connectivity index (χ2n) is 11.7. The Morgan fingerprint density at radius 3 is 2.80 bits per heavy atom. The number of nitrogens with two attached hydrogens (primary N) is 1. The van der Waals surface area contributed by atoms with E-state index in [1.807, 2.05) is 12.2 Å². The summed E-state index contributed by atoms with van der Waals surface area (Å²) in [5.74, 6) is -1.99. The third kappa shape index (κ3) is 7.69. The number of aromatic nitrogens is 6. The van der Waals surface area contributed by atoms with Gasteiger partial charge in [0.25, 0.3) is 5.91 Å². The van der Waals surface area contributed by atoms with Crippen molar-refractivity contribution < 1.29 is 33.9 Å². The van der Waals surface area contributed by atoms with Crippen LogP contribution in [0.3, 0.4) is 0 Å². The standard InChI is InChI=1S/C25H33N11O7S3/c1-24(2,3)42-23(41)27-8-9-36-22(30-33-34-36)45-12-25(20(39)40)10-35-18(38)15(19(35)44-11-25)28-17(37)14(16-29-21(26)46-32-16)31-43-13-6-4-5-7-13/h4,6,13,15,19H,5,7-12H2,1-3H3,(H,27,41)(H,28,37)(H,39,40)(H2,26,29,32)/t13?,15?,19-,25?/m1/s1. The summed E-state index contributed by atoms with van der Waals surface area (Å²) >= 11 is 3.29. The van der Waals surface area contributed by atoms with Crippen molar-refractivity contribution in [2.75, 3.05) is 30.3 Å². The molecule has 5 rings (SSSR count). The van der Waals surface area contributed by atoms with Crippen LogP contribution in [0.5, 0.6) is 0 Å². The first-order valence-corrected chi connectivity index (χ1v) is 17.0. The predicted octanol–water partition coefficient (Wildman–Crippen LogP) is 0.334. The number of nitrogens with one attached hydrogen (secondary N) is 2. The highest BCUT2D eigenvalue weighted by Crippen LogP contribution is 2.44. The topological polar surface area (TPSA) is 242 Å². The van der Waals surface area contributed by atoms with Gasteiger partial charge in [0.05, 0.1) is 6.54 Å². The number of aliphatic carboxylic acids is 1. The quantitative estimate of drug-likeness (QED) is 0.0769. The maximum atomic E-state index is 13.3. The molecule has 0 spiro atoms. The molecule has 2 saturated heterocycles. The van der Waals surface area contributed by atoms with Gasteiger partial charge in [-0.05, 0) is 50.1 Å². The van der Waals surface area contributed by atoms with Crippen LogP contribution in [-0.4, -0.2) is 117 Å². The van der Waals surface area contributed by atoms with Crippen LogP contribution in [0.1, 0.15) is 39.4 Å². The van der Waals surface area contributed by atoms with Gasteiger partial charge in [-0.1, -0.05) is 23.0 Å². The molecule has 1 aliphatic carbocycles. The normalized spacial score (nSPS) is 24.2. The number of nitrogens with zero attached hydrogens (tertiary/aromatic N) is 8. The molecule has 3 aliphatic rings. The van der Waals surface area contributed by atoms with Gasteiger partial charge < -0.3 is 35.9 Å². The van der Waals surface area contributed by atoms with Gasteiger partial charge in [-0.2, -0.15) is 9.36 Å². The molecule has 3 amide bonds. The summed E-state index contributed by atoms with van der Waals surface area (Å²) in [7, 11) is 0. The van der Waals surface area contributed by atoms with Crippen LogP contribution >= 0.6 is 35.1 Å². The molecular weight excluding hydrogens is 663 g/mol. The van der Waals surface area contributed by atoms with Gasteiger partial charge in [0.15, 0.2) is 5.13 Å². The van der Waals surface area contributed by atoms with Gasteiger partial charge in [0, 0.05) is 36.1 Å². The summed E-state index contributed by atoms with van der Waals surface area (Å²) in [4.78, 5) is 61.9. The SMILES string of the molecule is CC(C)(C)OC(=O)NCCn1nnnc1SCC1(C(=O)O)CS[C@@H]2C(NC(=O)C(=NOC3C=CCC3)c3nsc(N)n3)C(=O)N2C1. The predicted molar refractivity (Wildman–Crippen MR) is 167 cm³/mol. The summed E-state index contributed by atoms with van der Waals surface area (Å²) in [5, 5.41) is 31.2. The van der Waals surface area contributed by atoms with E-state index in [0.717, 1.165) is 29.7 Å². The van der Waals surface area contributed by atoms with Crippen LogP contribution in [0.15, 0.2) is 22.5 Å². The molecule has 2 fully saturated rings. The van der Waals surface area contributed by atoms with Crippen LogP contribution in [0.2, 0.25) is 0 Å². The first kappa shape index (κ1) is 33.4. The Balaban J connectivity index is 1.18. The van der Waals surface area contributed by atoms with Crippen molar-refractivity contribution in [1.82, 2.24) is 45.1 Å². The number of ether oxygens (including phenoxy) is 1. The van der Waals surface area contributed by atoms with E-state index in [1.54, 1.807) is 20.8 Å². The van der Waals surface area contributed by atoms with Gasteiger partial charge >= 0.3 is 12.1 Å². The lowest BCUT2D eigenvalue weighted by molar-refractivity contribution is -0.157. The Morgan fingerprint density at radius 1 is 1.33 bits per heavy atom. The summed E-state index contributed by atoms with van der Waals surface area (Å²) < 4.78 is 10.7. The van der Waals surface area contributed by atoms with Crippen molar-refractivity contribution >= 4 is 69.8 Å². The highest BCUT2D eigenvalue weighted by Gasteiger charge is 2.57. The lowest BCUT2D eigenvalue weighted by Gasteiger charge is -2.53. The maximum Gasteiger partial charge on any atom is 0.407 e. The summed E-state index contributed by atoms with van der Waals surface area (Å²) in [6, 6.07) is -0.908. The van der Waals surface area contributed by atoms with Crippen LogP contribution in [0.4, 0.5) is 9.93 Å². The molecule has 2 aromatic rings. The third-order valence-electron chi connectivity index (χ3n) is 6.97. The van der Waals surface area contributed by atoms with Gasteiger partial charge in [-0.25, -0.2) is 9.48 Å².